The Bertz CT molecular complexity index is 836. The maximum atomic E-state index is 12.6. The first kappa shape index (κ1) is 19.5. The number of likely N-dealkylation sites (tertiary alicyclic amines) is 1. The van der Waals surface area contributed by atoms with Crippen LogP contribution in [0.1, 0.15) is 34.5 Å². The second-order valence-electron chi connectivity index (χ2n) is 6.74. The number of hydrogen-bond acceptors (Lipinski definition) is 5. The third-order valence-corrected chi connectivity index (χ3v) is 4.79. The van der Waals surface area contributed by atoms with E-state index in [9.17, 15) is 14.4 Å². The predicted octanol–water partition coefficient (Wildman–Crippen LogP) is 1.92. The smallest absolute Gasteiger partial charge is 0.337 e. The van der Waals surface area contributed by atoms with Gasteiger partial charge >= 0.3 is 5.97 Å². The SMILES string of the molecule is COC(=O)c1ccc(CNC(=O)[C@H]2CCC(=O)N(Cc3ccccn3)C2)cc1. The first-order chi connectivity index (χ1) is 13.6. The van der Waals surface area contributed by atoms with Crippen molar-refractivity contribution in [1.29, 1.82) is 0 Å². The molecule has 1 fully saturated rings. The van der Waals surface area contributed by atoms with Gasteiger partial charge in [-0.15, -0.1) is 0 Å². The van der Waals surface area contributed by atoms with E-state index in [0.29, 0.717) is 38.0 Å². The Balaban J connectivity index is 1.53. The molecular formula is C21H23N3O4. The highest BCUT2D eigenvalue weighted by Crippen LogP contribution is 2.19. The molecule has 1 atom stereocenters. The van der Waals surface area contributed by atoms with Crippen molar-refractivity contribution in [2.24, 2.45) is 5.92 Å². The van der Waals surface area contributed by atoms with Crippen molar-refractivity contribution in [1.82, 2.24) is 15.2 Å². The van der Waals surface area contributed by atoms with Gasteiger partial charge in [-0.3, -0.25) is 14.6 Å². The first-order valence-corrected chi connectivity index (χ1v) is 9.19. The van der Waals surface area contributed by atoms with E-state index in [1.807, 2.05) is 18.2 Å². The Kier molecular flexibility index (Phi) is 6.37. The molecule has 28 heavy (non-hydrogen) atoms. The molecule has 0 bridgehead atoms. The topological polar surface area (TPSA) is 88.6 Å². The summed E-state index contributed by atoms with van der Waals surface area (Å²) >= 11 is 0. The van der Waals surface area contributed by atoms with Gasteiger partial charge in [0.15, 0.2) is 0 Å². The Labute approximate surface area is 163 Å². The molecule has 3 rings (SSSR count). The highest BCUT2D eigenvalue weighted by molar-refractivity contribution is 5.89. The van der Waals surface area contributed by atoms with Crippen LogP contribution >= 0.6 is 0 Å². The first-order valence-electron chi connectivity index (χ1n) is 9.19. The Morgan fingerprint density at radius 1 is 1.21 bits per heavy atom. The number of benzene rings is 1. The molecule has 0 radical (unpaired) electrons. The molecule has 2 heterocycles. The number of nitrogens with zero attached hydrogens (tertiary/aromatic N) is 2. The number of esters is 1. The van der Waals surface area contributed by atoms with Crippen LogP contribution in [-0.2, 0) is 27.4 Å². The van der Waals surface area contributed by atoms with Crippen molar-refractivity contribution in [2.75, 3.05) is 13.7 Å². The van der Waals surface area contributed by atoms with Crippen LogP contribution in [0.5, 0.6) is 0 Å². The number of amides is 2. The van der Waals surface area contributed by atoms with E-state index in [2.05, 4.69) is 15.0 Å². The van der Waals surface area contributed by atoms with E-state index in [-0.39, 0.29) is 17.7 Å². The van der Waals surface area contributed by atoms with E-state index >= 15 is 0 Å². The second kappa shape index (κ2) is 9.12. The Hall–Kier alpha value is -3.22. The molecule has 1 saturated heterocycles. The number of carbonyl (C=O) groups is 3. The molecule has 7 heteroatoms. The molecule has 1 aliphatic rings. The van der Waals surface area contributed by atoms with Crippen LogP contribution in [0.2, 0.25) is 0 Å². The fourth-order valence-electron chi connectivity index (χ4n) is 3.18. The van der Waals surface area contributed by atoms with Crippen LogP contribution in [0.4, 0.5) is 0 Å². The number of hydrogen-bond donors (Lipinski definition) is 1. The van der Waals surface area contributed by atoms with E-state index in [1.54, 1.807) is 35.4 Å². The molecule has 0 aliphatic carbocycles. The minimum atomic E-state index is -0.393. The fraction of sp³-hybridized carbons (Fsp3) is 0.333. The monoisotopic (exact) mass is 381 g/mol. The van der Waals surface area contributed by atoms with Gasteiger partial charge in [-0.05, 0) is 36.2 Å². The van der Waals surface area contributed by atoms with E-state index in [1.165, 1.54) is 7.11 Å². The zero-order chi connectivity index (χ0) is 19.9. The zero-order valence-corrected chi connectivity index (χ0v) is 15.8. The number of methoxy groups -OCH3 is 1. The highest BCUT2D eigenvalue weighted by atomic mass is 16.5. The third-order valence-electron chi connectivity index (χ3n) is 4.79. The van der Waals surface area contributed by atoms with Gasteiger partial charge in [-0.1, -0.05) is 18.2 Å². The summed E-state index contributed by atoms with van der Waals surface area (Å²) in [5.41, 5.74) is 2.16. The lowest BCUT2D eigenvalue weighted by atomic mass is 9.96. The van der Waals surface area contributed by atoms with Gasteiger partial charge in [0.25, 0.3) is 0 Å². The van der Waals surface area contributed by atoms with Crippen LogP contribution in [0.3, 0.4) is 0 Å². The molecule has 1 aromatic heterocycles. The summed E-state index contributed by atoms with van der Waals surface area (Å²) in [6.45, 7) is 1.17. The Morgan fingerprint density at radius 2 is 2.00 bits per heavy atom. The second-order valence-corrected chi connectivity index (χ2v) is 6.74. The average molecular weight is 381 g/mol. The van der Waals surface area contributed by atoms with Gasteiger partial charge in [0.1, 0.15) is 0 Å². The van der Waals surface area contributed by atoms with Crippen molar-refractivity contribution in [3.05, 3.63) is 65.5 Å². The third kappa shape index (κ3) is 4.94. The minimum Gasteiger partial charge on any atom is -0.465 e. The van der Waals surface area contributed by atoms with Crippen molar-refractivity contribution in [3.8, 4) is 0 Å². The Morgan fingerprint density at radius 3 is 2.68 bits per heavy atom. The number of ether oxygens (including phenoxy) is 1. The largest absolute Gasteiger partial charge is 0.465 e. The lowest BCUT2D eigenvalue weighted by Gasteiger charge is -2.31. The molecule has 0 saturated carbocycles. The van der Waals surface area contributed by atoms with Gasteiger partial charge < -0.3 is 15.0 Å². The van der Waals surface area contributed by atoms with Crippen molar-refractivity contribution < 1.29 is 19.1 Å². The van der Waals surface area contributed by atoms with Gasteiger partial charge in [-0.25, -0.2) is 4.79 Å². The molecule has 1 aromatic carbocycles. The lowest BCUT2D eigenvalue weighted by molar-refractivity contribution is -0.139. The van der Waals surface area contributed by atoms with E-state index in [4.69, 9.17) is 0 Å². The van der Waals surface area contributed by atoms with Crippen LogP contribution in [0.25, 0.3) is 0 Å². The molecule has 146 valence electrons. The van der Waals surface area contributed by atoms with E-state index in [0.717, 1.165) is 11.3 Å². The molecule has 7 nitrogen and oxygen atoms in total. The number of rotatable bonds is 6. The maximum Gasteiger partial charge on any atom is 0.337 e. The lowest BCUT2D eigenvalue weighted by Crippen LogP contribution is -2.45. The summed E-state index contributed by atoms with van der Waals surface area (Å²) in [7, 11) is 1.34. The summed E-state index contributed by atoms with van der Waals surface area (Å²) in [5.74, 6) is -0.658. The van der Waals surface area contributed by atoms with Crippen LogP contribution < -0.4 is 5.32 Å². The van der Waals surface area contributed by atoms with E-state index < -0.39 is 5.97 Å². The van der Waals surface area contributed by atoms with Gasteiger partial charge in [0.2, 0.25) is 11.8 Å². The molecular weight excluding hydrogens is 358 g/mol. The summed E-state index contributed by atoms with van der Waals surface area (Å²) in [5, 5.41) is 2.92. The molecule has 0 unspecified atom stereocenters. The minimum absolute atomic E-state index is 0.0492. The predicted molar refractivity (Wildman–Crippen MR) is 102 cm³/mol. The quantitative estimate of drug-likeness (QED) is 0.773. The number of pyridine rings is 1. The van der Waals surface area contributed by atoms with Crippen molar-refractivity contribution in [3.63, 3.8) is 0 Å². The average Bonchev–Trinajstić information content (AvgIpc) is 2.74. The van der Waals surface area contributed by atoms with Crippen LogP contribution in [-0.4, -0.2) is 41.3 Å². The summed E-state index contributed by atoms with van der Waals surface area (Å²) in [6, 6.07) is 12.5. The van der Waals surface area contributed by atoms with Crippen LogP contribution in [0, 0.1) is 5.92 Å². The summed E-state index contributed by atoms with van der Waals surface area (Å²) in [6.07, 6.45) is 2.60. The van der Waals surface area contributed by atoms with Crippen molar-refractivity contribution >= 4 is 17.8 Å². The molecule has 2 aromatic rings. The fourth-order valence-corrected chi connectivity index (χ4v) is 3.18. The van der Waals surface area contributed by atoms with Gasteiger partial charge in [0.05, 0.1) is 30.8 Å². The summed E-state index contributed by atoms with van der Waals surface area (Å²) in [4.78, 5) is 42.1. The van der Waals surface area contributed by atoms with Gasteiger partial charge in [-0.2, -0.15) is 0 Å². The van der Waals surface area contributed by atoms with Gasteiger partial charge in [0, 0.05) is 25.7 Å². The molecule has 1 aliphatic heterocycles. The molecule has 1 N–H and O–H groups in total. The number of aromatic nitrogens is 1. The highest BCUT2D eigenvalue weighted by Gasteiger charge is 2.30. The number of piperidine rings is 1. The molecule has 0 spiro atoms. The molecule has 2 amide bonds. The zero-order valence-electron chi connectivity index (χ0n) is 15.8. The van der Waals surface area contributed by atoms with Crippen molar-refractivity contribution in [2.45, 2.75) is 25.9 Å². The maximum absolute atomic E-state index is 12.6. The standard InChI is InChI=1S/C21H23N3O4/c1-28-21(27)16-7-5-15(6-8-16)12-23-20(26)17-9-10-19(25)24(13-17)14-18-4-2-3-11-22-18/h2-8,11,17H,9-10,12-14H2,1H3,(H,23,26)/t17-/m0/s1. The number of nitrogens with one attached hydrogen (secondary N) is 1. The number of carbonyl (C=O) groups excluding carboxylic acids is 3. The normalized spacial score (nSPS) is 16.5. The van der Waals surface area contributed by atoms with Crippen LogP contribution in [0.15, 0.2) is 48.7 Å². The summed E-state index contributed by atoms with van der Waals surface area (Å²) < 4.78 is 4.67.